The van der Waals surface area contributed by atoms with E-state index in [-0.39, 0.29) is 0 Å². The van der Waals surface area contributed by atoms with Crippen molar-refractivity contribution in [3.05, 3.63) is 39.5 Å². The minimum atomic E-state index is 0.596. The fourth-order valence-corrected chi connectivity index (χ4v) is 5.09. The monoisotopic (exact) mass is 670 g/mol. The van der Waals surface area contributed by atoms with Gasteiger partial charge in [-0.25, -0.2) is 4.98 Å². The van der Waals surface area contributed by atoms with Gasteiger partial charge in [0.2, 0.25) is 0 Å². The number of nitrogens with zero attached hydrogens (tertiary/aromatic N) is 5. The molecule has 4 unspecified atom stereocenters. The summed E-state index contributed by atoms with van der Waals surface area (Å²) in [7, 11) is 4.67. The van der Waals surface area contributed by atoms with Gasteiger partial charge in [0.1, 0.15) is 0 Å². The Labute approximate surface area is 222 Å². The quantitative estimate of drug-likeness (QED) is 0.394. The van der Waals surface area contributed by atoms with Crippen molar-refractivity contribution in [2.45, 2.75) is 108 Å². The Hall–Kier alpha value is -0.0636. The topological polar surface area (TPSA) is 111 Å². The third-order valence-electron chi connectivity index (χ3n) is 6.94. The Morgan fingerprint density at radius 2 is 1.12 bits per heavy atom. The van der Waals surface area contributed by atoms with Gasteiger partial charge >= 0.3 is 27.2 Å². The van der Waals surface area contributed by atoms with E-state index < -0.39 is 0 Å². The van der Waals surface area contributed by atoms with E-state index >= 15 is 0 Å². The van der Waals surface area contributed by atoms with Crippen LogP contribution in [0.2, 0.25) is 0 Å². The summed E-state index contributed by atoms with van der Waals surface area (Å²) in [5.41, 5.74) is 6.38. The van der Waals surface area contributed by atoms with Crippen LogP contribution in [0, 0.1) is 0 Å². The molecular formula is C25H45ClN7Os-4. The maximum atomic E-state index is 5.27. The van der Waals surface area contributed by atoms with Crippen molar-refractivity contribution in [3.63, 3.8) is 0 Å². The molecule has 0 saturated carbocycles. The average Bonchev–Trinajstić information content (AvgIpc) is 3.46. The molecule has 4 atom stereocenters. The van der Waals surface area contributed by atoms with Crippen LogP contribution < -0.4 is 5.73 Å². The predicted molar refractivity (Wildman–Crippen MR) is 141 cm³/mol. The molecule has 0 spiro atoms. The van der Waals surface area contributed by atoms with Gasteiger partial charge in [-0.05, 0) is 6.54 Å². The van der Waals surface area contributed by atoms with E-state index in [1.165, 1.54) is 94.6 Å². The number of hydrogen-bond donors (Lipinski definition) is 2. The van der Waals surface area contributed by atoms with Crippen LogP contribution in [-0.2, 0) is 24.0 Å². The number of imidazole rings is 1. The molecule has 199 valence electrons. The van der Waals surface area contributed by atoms with Gasteiger partial charge in [-0.3, -0.25) is 0 Å². The van der Waals surface area contributed by atoms with Gasteiger partial charge < -0.3 is 32.0 Å². The summed E-state index contributed by atoms with van der Waals surface area (Å²) in [6.07, 6.45) is 20.3. The van der Waals surface area contributed by atoms with Gasteiger partial charge in [0.15, 0.2) is 0 Å². The summed E-state index contributed by atoms with van der Waals surface area (Å²) in [5.74, 6) is 0. The molecule has 4 aliphatic rings. The first-order valence-electron chi connectivity index (χ1n) is 13.3. The molecule has 9 heteroatoms. The molecule has 5 rings (SSSR count). The van der Waals surface area contributed by atoms with Crippen molar-refractivity contribution in [3.8, 4) is 0 Å². The summed E-state index contributed by atoms with van der Waals surface area (Å²) in [5, 5.41) is 18.6. The fourth-order valence-electron chi connectivity index (χ4n) is 5.09. The molecule has 0 bridgehead atoms. The zero-order chi connectivity index (χ0) is 24.3. The number of piperidine rings is 4. The molecule has 7 nitrogen and oxygen atoms in total. The molecule has 0 aliphatic carbocycles. The molecule has 4 aliphatic heterocycles. The Bertz CT molecular complexity index is 490. The van der Waals surface area contributed by atoms with Gasteiger partial charge in [-0.1, -0.05) is 77.0 Å². The van der Waals surface area contributed by atoms with E-state index in [4.69, 9.17) is 5.73 Å². The van der Waals surface area contributed by atoms with Crippen LogP contribution in [0.25, 0.3) is 21.3 Å². The van der Waals surface area contributed by atoms with Crippen LogP contribution in [0.1, 0.15) is 82.7 Å². The molecule has 4 saturated heterocycles. The molecule has 1 aromatic rings. The zero-order valence-electron chi connectivity index (χ0n) is 20.7. The summed E-state index contributed by atoms with van der Waals surface area (Å²) in [6.45, 7) is 5.06. The average molecular weight is 669 g/mol. The number of H-pyrrole nitrogens is 1. The molecule has 0 aromatic carbocycles. The number of nitrogens with two attached hydrogens (primary N) is 1. The number of aromatic amines is 1. The van der Waals surface area contributed by atoms with E-state index in [0.29, 0.717) is 30.7 Å². The molecule has 5 heterocycles. The molecule has 0 radical (unpaired) electrons. The van der Waals surface area contributed by atoms with Gasteiger partial charge in [0.25, 0.3) is 0 Å². The standard InChI is InChI=1S/2C10H18N2.C5H9N3.ClH.Os/c2*1-3-7-11-9(5-1)10-6-2-4-8-12-10;6-2-1-5-3-7-4-8-5;;/h2*9-10H,1-8H2;3-4H,1-2,6H2,(H,7,8);1H;/q2*-2;;;+1/p-1. The molecular weight excluding hydrogens is 624 g/mol. The van der Waals surface area contributed by atoms with Gasteiger partial charge in [-0.2, -0.15) is 24.2 Å². The number of rotatable bonds is 4. The van der Waals surface area contributed by atoms with Crippen molar-refractivity contribution in [1.82, 2.24) is 9.97 Å². The first kappa shape index (κ1) is 30.2. The van der Waals surface area contributed by atoms with Crippen molar-refractivity contribution in [2.24, 2.45) is 5.73 Å². The van der Waals surface area contributed by atoms with Crippen LogP contribution in [0.3, 0.4) is 0 Å². The first-order valence-corrected chi connectivity index (χ1v) is 16.5. The van der Waals surface area contributed by atoms with Crippen molar-refractivity contribution >= 4 is 9.64 Å². The third-order valence-corrected chi connectivity index (χ3v) is 6.94. The van der Waals surface area contributed by atoms with Crippen molar-refractivity contribution < 1.29 is 17.6 Å². The van der Waals surface area contributed by atoms with E-state index in [0.717, 1.165) is 38.3 Å². The predicted octanol–water partition coefficient (Wildman–Crippen LogP) is 6.28. The summed E-state index contributed by atoms with van der Waals surface area (Å²) in [6, 6.07) is 2.39. The Balaban J connectivity index is 0.000000177. The number of nitrogens with one attached hydrogen (secondary N) is 1. The minimum absolute atomic E-state index is 0.596. The SMILES string of the molecule is C1CCC(C2CCCC[N-]2)[N-]C1.C1CCC(C2CCCC[N-]2)[N-]C1.NCCc1cnc[nH]1.[Cl][Os]. The second kappa shape index (κ2) is 20.0. The second-order valence-corrected chi connectivity index (χ2v) is 9.49. The summed E-state index contributed by atoms with van der Waals surface area (Å²) >= 11 is 1.33. The third kappa shape index (κ3) is 12.3. The van der Waals surface area contributed by atoms with Crippen LogP contribution in [0.5, 0.6) is 0 Å². The normalized spacial score (nSPS) is 29.3. The second-order valence-electron chi connectivity index (χ2n) is 9.49. The van der Waals surface area contributed by atoms with Gasteiger partial charge in [0, 0.05) is 18.3 Å². The van der Waals surface area contributed by atoms with E-state index in [2.05, 4.69) is 40.9 Å². The van der Waals surface area contributed by atoms with Crippen LogP contribution >= 0.6 is 9.64 Å². The molecule has 34 heavy (non-hydrogen) atoms. The molecule has 0 amide bonds. The van der Waals surface area contributed by atoms with Crippen LogP contribution in [0.15, 0.2) is 12.5 Å². The summed E-state index contributed by atoms with van der Waals surface area (Å²) in [4.78, 5) is 6.78. The fraction of sp³-hybridized carbons (Fsp3) is 0.880. The Morgan fingerprint density at radius 1 is 0.735 bits per heavy atom. The number of aromatic nitrogens is 2. The molecule has 1 aromatic heterocycles. The maximum absolute atomic E-state index is 5.27. The Morgan fingerprint density at radius 3 is 1.35 bits per heavy atom. The van der Waals surface area contributed by atoms with E-state index in [1.807, 2.05) is 0 Å². The number of hydrogen-bond acceptors (Lipinski definition) is 2. The van der Waals surface area contributed by atoms with Crippen LogP contribution in [-0.4, -0.2) is 66.9 Å². The summed E-state index contributed by atoms with van der Waals surface area (Å²) < 4.78 is 0. The van der Waals surface area contributed by atoms with Crippen LogP contribution in [0.4, 0.5) is 0 Å². The first-order chi connectivity index (χ1) is 16.9. The Kier molecular flexibility index (Phi) is 17.8. The van der Waals surface area contributed by atoms with Crippen molar-refractivity contribution in [1.29, 1.82) is 0 Å². The van der Waals surface area contributed by atoms with E-state index in [9.17, 15) is 0 Å². The van der Waals surface area contributed by atoms with Crippen molar-refractivity contribution in [2.75, 3.05) is 32.7 Å². The van der Waals surface area contributed by atoms with E-state index in [1.54, 1.807) is 12.5 Å². The molecule has 3 N–H and O–H groups in total. The van der Waals surface area contributed by atoms with Gasteiger partial charge in [-0.15, -0.1) is 26.2 Å². The van der Waals surface area contributed by atoms with Gasteiger partial charge in [0.05, 0.1) is 6.33 Å². The zero-order valence-corrected chi connectivity index (χ0v) is 24.0. The number of halogens is 1. The molecule has 4 fully saturated rings.